The molecule has 0 saturated heterocycles. The van der Waals surface area contributed by atoms with E-state index in [4.69, 9.17) is 4.42 Å². The molecule has 0 amide bonds. The van der Waals surface area contributed by atoms with Crippen LogP contribution in [0.4, 0.5) is 4.39 Å². The molecule has 0 bridgehead atoms. The fourth-order valence-electron chi connectivity index (χ4n) is 2.29. The summed E-state index contributed by atoms with van der Waals surface area (Å²) in [5.74, 6) is 1.49. The zero-order chi connectivity index (χ0) is 14.0. The molecule has 4 heteroatoms. The molecule has 0 aliphatic heterocycles. The van der Waals surface area contributed by atoms with Crippen molar-refractivity contribution in [2.24, 2.45) is 0 Å². The van der Waals surface area contributed by atoms with E-state index in [0.29, 0.717) is 0 Å². The Kier molecular flexibility index (Phi) is 4.42. The van der Waals surface area contributed by atoms with Gasteiger partial charge in [0, 0.05) is 10.0 Å². The molecule has 102 valence electrons. The molecule has 1 aromatic carbocycles. The summed E-state index contributed by atoms with van der Waals surface area (Å²) in [6.07, 6.45) is 0. The molecule has 1 atom stereocenters. The number of benzene rings is 1. The van der Waals surface area contributed by atoms with Crippen molar-refractivity contribution in [3.8, 4) is 0 Å². The maximum Gasteiger partial charge on any atom is 0.124 e. The molecule has 0 aliphatic rings. The maximum absolute atomic E-state index is 13.6. The fraction of sp³-hybridized carbons (Fsp3) is 0.333. The van der Waals surface area contributed by atoms with Gasteiger partial charge in [0.15, 0.2) is 0 Å². The second-order valence-electron chi connectivity index (χ2n) is 4.56. The highest BCUT2D eigenvalue weighted by atomic mass is 79.9. The second kappa shape index (κ2) is 5.88. The van der Waals surface area contributed by atoms with Crippen molar-refractivity contribution in [1.82, 2.24) is 5.32 Å². The van der Waals surface area contributed by atoms with Crippen LogP contribution in [0.1, 0.15) is 35.6 Å². The molecule has 2 rings (SSSR count). The Morgan fingerprint density at radius 2 is 2.00 bits per heavy atom. The van der Waals surface area contributed by atoms with Crippen LogP contribution in [0.25, 0.3) is 0 Å². The van der Waals surface area contributed by atoms with Crippen molar-refractivity contribution in [2.75, 3.05) is 6.54 Å². The van der Waals surface area contributed by atoms with Gasteiger partial charge in [-0.2, -0.15) is 0 Å². The van der Waals surface area contributed by atoms with E-state index < -0.39 is 0 Å². The van der Waals surface area contributed by atoms with Crippen LogP contribution in [0.15, 0.2) is 33.2 Å². The van der Waals surface area contributed by atoms with Crippen LogP contribution in [0.2, 0.25) is 0 Å². The van der Waals surface area contributed by atoms with Crippen molar-refractivity contribution in [3.63, 3.8) is 0 Å². The van der Waals surface area contributed by atoms with Crippen LogP contribution in [0.3, 0.4) is 0 Å². The topological polar surface area (TPSA) is 25.2 Å². The Morgan fingerprint density at radius 3 is 2.53 bits per heavy atom. The van der Waals surface area contributed by atoms with Crippen LogP contribution in [0, 0.1) is 19.7 Å². The zero-order valence-electron chi connectivity index (χ0n) is 11.3. The van der Waals surface area contributed by atoms with E-state index in [2.05, 4.69) is 21.2 Å². The summed E-state index contributed by atoms with van der Waals surface area (Å²) in [6, 6.07) is 6.88. The van der Waals surface area contributed by atoms with Gasteiger partial charge in [-0.3, -0.25) is 0 Å². The van der Waals surface area contributed by atoms with Crippen molar-refractivity contribution in [2.45, 2.75) is 26.8 Å². The van der Waals surface area contributed by atoms with E-state index in [9.17, 15) is 4.39 Å². The van der Waals surface area contributed by atoms with Gasteiger partial charge >= 0.3 is 0 Å². The fourth-order valence-corrected chi connectivity index (χ4v) is 2.77. The quantitative estimate of drug-likeness (QED) is 0.895. The Hall–Kier alpha value is -1.13. The Bertz CT molecular complexity index is 559. The molecule has 19 heavy (non-hydrogen) atoms. The van der Waals surface area contributed by atoms with E-state index in [0.717, 1.165) is 33.7 Å². The first-order chi connectivity index (χ1) is 9.01. The lowest BCUT2D eigenvalue weighted by molar-refractivity contribution is 0.494. The molecule has 0 spiro atoms. The predicted molar refractivity (Wildman–Crippen MR) is 77.8 cm³/mol. The molecular weight excluding hydrogens is 309 g/mol. The van der Waals surface area contributed by atoms with Gasteiger partial charge in [0.2, 0.25) is 0 Å². The van der Waals surface area contributed by atoms with Crippen molar-refractivity contribution >= 4 is 15.9 Å². The van der Waals surface area contributed by atoms with Gasteiger partial charge in [0.1, 0.15) is 17.3 Å². The molecule has 1 aromatic heterocycles. The van der Waals surface area contributed by atoms with Crippen LogP contribution in [-0.2, 0) is 0 Å². The van der Waals surface area contributed by atoms with Gasteiger partial charge < -0.3 is 9.73 Å². The molecule has 0 aliphatic carbocycles. The Labute approximate surface area is 121 Å². The minimum absolute atomic E-state index is 0.0607. The summed E-state index contributed by atoms with van der Waals surface area (Å²) in [7, 11) is 0. The number of hydrogen-bond acceptors (Lipinski definition) is 2. The number of rotatable bonds is 4. The zero-order valence-corrected chi connectivity index (χ0v) is 12.8. The lowest BCUT2D eigenvalue weighted by Crippen LogP contribution is -2.22. The first kappa shape index (κ1) is 14.3. The van der Waals surface area contributed by atoms with Crippen LogP contribution < -0.4 is 5.32 Å². The van der Waals surface area contributed by atoms with Gasteiger partial charge in [0.05, 0.1) is 6.04 Å². The molecule has 0 saturated carbocycles. The second-order valence-corrected chi connectivity index (χ2v) is 5.48. The van der Waals surface area contributed by atoms with Crippen molar-refractivity contribution in [1.29, 1.82) is 0 Å². The molecule has 2 nitrogen and oxygen atoms in total. The van der Waals surface area contributed by atoms with Gasteiger partial charge in [-0.1, -0.05) is 22.9 Å². The van der Waals surface area contributed by atoms with Gasteiger partial charge in [-0.25, -0.2) is 4.39 Å². The summed E-state index contributed by atoms with van der Waals surface area (Å²) < 4.78 is 19.9. The molecule has 1 N–H and O–H groups in total. The van der Waals surface area contributed by atoms with Crippen LogP contribution in [0.5, 0.6) is 0 Å². The monoisotopic (exact) mass is 325 g/mol. The average Bonchev–Trinajstić information content (AvgIpc) is 2.64. The predicted octanol–water partition coefficient (Wildman–Crippen LogP) is 4.50. The van der Waals surface area contributed by atoms with Crippen molar-refractivity contribution in [3.05, 3.63) is 57.2 Å². The van der Waals surface area contributed by atoms with Crippen LogP contribution >= 0.6 is 15.9 Å². The van der Waals surface area contributed by atoms with E-state index in [1.54, 1.807) is 6.07 Å². The molecule has 0 radical (unpaired) electrons. The van der Waals surface area contributed by atoms with Gasteiger partial charge in [-0.05, 0) is 50.2 Å². The molecular formula is C15H17BrFNO. The van der Waals surface area contributed by atoms with E-state index in [1.807, 2.05) is 32.9 Å². The summed E-state index contributed by atoms with van der Waals surface area (Å²) >= 11 is 3.34. The standard InChI is InChI=1S/C15H17BrFNO/c1-4-18-15(14-5-9(2)19-10(14)3)11-6-12(16)8-13(17)7-11/h5-8,15,18H,4H2,1-3H3. The number of aryl methyl sites for hydroxylation is 2. The minimum atomic E-state index is -0.245. The first-order valence-electron chi connectivity index (χ1n) is 6.27. The summed E-state index contributed by atoms with van der Waals surface area (Å²) in [6.45, 7) is 6.67. The smallest absolute Gasteiger partial charge is 0.124 e. The largest absolute Gasteiger partial charge is 0.466 e. The number of hydrogen-bond donors (Lipinski definition) is 1. The lowest BCUT2D eigenvalue weighted by atomic mass is 9.99. The van der Waals surface area contributed by atoms with E-state index in [1.165, 1.54) is 6.07 Å². The Balaban J connectivity index is 2.47. The Morgan fingerprint density at radius 1 is 1.26 bits per heavy atom. The van der Waals surface area contributed by atoms with Gasteiger partial charge in [-0.15, -0.1) is 0 Å². The third-order valence-corrected chi connectivity index (χ3v) is 3.47. The van der Waals surface area contributed by atoms with Crippen molar-refractivity contribution < 1.29 is 8.81 Å². The highest BCUT2D eigenvalue weighted by Gasteiger charge is 2.19. The molecule has 1 unspecified atom stereocenters. The number of nitrogens with one attached hydrogen (secondary N) is 1. The molecule has 1 heterocycles. The number of furan rings is 1. The maximum atomic E-state index is 13.6. The normalized spacial score (nSPS) is 12.7. The SMILES string of the molecule is CCNC(c1cc(F)cc(Br)c1)c1cc(C)oc1C. The average molecular weight is 326 g/mol. The molecule has 0 fully saturated rings. The first-order valence-corrected chi connectivity index (χ1v) is 7.07. The van der Waals surface area contributed by atoms with Gasteiger partial charge in [0.25, 0.3) is 0 Å². The highest BCUT2D eigenvalue weighted by Crippen LogP contribution is 2.29. The molecule has 2 aromatic rings. The number of halogens is 2. The van der Waals surface area contributed by atoms with E-state index in [-0.39, 0.29) is 11.9 Å². The summed E-state index contributed by atoms with van der Waals surface area (Å²) in [4.78, 5) is 0. The third-order valence-electron chi connectivity index (χ3n) is 3.02. The van der Waals surface area contributed by atoms with E-state index >= 15 is 0 Å². The third kappa shape index (κ3) is 3.25. The summed E-state index contributed by atoms with van der Waals surface area (Å²) in [5.41, 5.74) is 1.94. The summed E-state index contributed by atoms with van der Waals surface area (Å²) in [5, 5.41) is 3.38. The van der Waals surface area contributed by atoms with Crippen LogP contribution in [-0.4, -0.2) is 6.54 Å². The highest BCUT2D eigenvalue weighted by molar-refractivity contribution is 9.10. The minimum Gasteiger partial charge on any atom is -0.466 e. The lowest BCUT2D eigenvalue weighted by Gasteiger charge is -2.18.